The molecule has 0 fully saturated rings. The van der Waals surface area contributed by atoms with Crippen LogP contribution < -0.4 is 31.3 Å². The van der Waals surface area contributed by atoms with E-state index in [0.717, 1.165) is 40.2 Å². The standard InChI is InChI=1S/C37H49F2N5O13P2/c38-24-23-26(58)36(59)35(34(24)39)57-33(51)10-15-53-17-19-55-21-22-56-20-18-54-16-12-41-37(52)25(42-28(46)9-14-44-31(49)6-7-32(44)50)3-1-2-11-40-27(45)8-13-43-29(47)4-5-30(43)48/h4-7,23,25H,1-3,8-22,58-59H2,(H,40,45)(H,41,52)(H,42,46)/t25-/m0/s1. The van der Waals surface area contributed by atoms with Crippen molar-refractivity contribution in [2.24, 2.45) is 0 Å². The van der Waals surface area contributed by atoms with E-state index in [1.807, 2.05) is 0 Å². The Kier molecular flexibility index (Phi) is 21.9. The van der Waals surface area contributed by atoms with Crippen LogP contribution in [0.3, 0.4) is 0 Å². The van der Waals surface area contributed by atoms with Gasteiger partial charge in [0.25, 0.3) is 23.6 Å². The minimum atomic E-state index is -1.25. The highest BCUT2D eigenvalue weighted by atomic mass is 31.0. The summed E-state index contributed by atoms with van der Waals surface area (Å²) in [7, 11) is 4.42. The molecule has 2 aliphatic heterocycles. The second-order valence-corrected chi connectivity index (χ2v) is 14.0. The van der Waals surface area contributed by atoms with E-state index in [4.69, 9.17) is 23.7 Å². The van der Waals surface area contributed by atoms with Crippen LogP contribution >= 0.6 is 18.5 Å². The first-order valence-electron chi connectivity index (χ1n) is 18.7. The van der Waals surface area contributed by atoms with Crippen LogP contribution in [0.25, 0.3) is 0 Å². The van der Waals surface area contributed by atoms with Crippen LogP contribution in [0.2, 0.25) is 0 Å². The van der Waals surface area contributed by atoms with Crippen molar-refractivity contribution in [3.8, 4) is 5.75 Å². The molecule has 0 aromatic heterocycles. The summed E-state index contributed by atoms with van der Waals surface area (Å²) >= 11 is 0. The first-order valence-corrected chi connectivity index (χ1v) is 19.9. The zero-order valence-electron chi connectivity index (χ0n) is 32.3. The number of hydrogen-bond acceptors (Lipinski definition) is 13. The summed E-state index contributed by atoms with van der Waals surface area (Å²) in [6.07, 6.45) is 5.16. The van der Waals surface area contributed by atoms with Crippen molar-refractivity contribution in [2.75, 3.05) is 79.0 Å². The van der Waals surface area contributed by atoms with E-state index < -0.39 is 64.8 Å². The molecule has 3 atom stereocenters. The van der Waals surface area contributed by atoms with Crippen molar-refractivity contribution in [1.82, 2.24) is 25.8 Å². The Morgan fingerprint density at radius 1 is 0.644 bits per heavy atom. The van der Waals surface area contributed by atoms with Crippen LogP contribution in [0.4, 0.5) is 8.78 Å². The number of carbonyl (C=O) groups is 8. The van der Waals surface area contributed by atoms with Gasteiger partial charge in [0, 0.05) is 68.6 Å². The maximum Gasteiger partial charge on any atom is 0.313 e. The van der Waals surface area contributed by atoms with E-state index in [2.05, 4.69) is 34.4 Å². The third kappa shape index (κ3) is 17.7. The van der Waals surface area contributed by atoms with Crippen molar-refractivity contribution >= 4 is 76.4 Å². The number of benzene rings is 1. The van der Waals surface area contributed by atoms with Crippen LogP contribution in [-0.4, -0.2) is 142 Å². The molecule has 2 aliphatic rings. The summed E-state index contributed by atoms with van der Waals surface area (Å²) in [6, 6.07) is 0.0251. The molecule has 0 saturated carbocycles. The van der Waals surface area contributed by atoms with Crippen LogP contribution in [0.5, 0.6) is 5.75 Å². The molecule has 7 amide bonds. The smallest absolute Gasteiger partial charge is 0.313 e. The maximum atomic E-state index is 14.0. The predicted octanol–water partition coefficient (Wildman–Crippen LogP) is -1.15. The van der Waals surface area contributed by atoms with Crippen molar-refractivity contribution < 1.29 is 70.8 Å². The number of nitrogens with zero attached hydrogens (tertiary/aromatic N) is 2. The lowest BCUT2D eigenvalue weighted by Gasteiger charge is -2.20. The largest absolute Gasteiger partial charge is 0.423 e. The highest BCUT2D eigenvalue weighted by molar-refractivity contribution is 7.36. The topological polar surface area (TPSA) is 225 Å². The van der Waals surface area contributed by atoms with Crippen molar-refractivity contribution in [2.45, 2.75) is 44.6 Å². The van der Waals surface area contributed by atoms with E-state index >= 15 is 0 Å². The number of unbranched alkanes of at least 4 members (excludes halogenated alkanes) is 1. The van der Waals surface area contributed by atoms with Gasteiger partial charge in [0.2, 0.25) is 23.5 Å². The Hall–Kier alpha value is -4.58. The molecule has 2 heterocycles. The Morgan fingerprint density at radius 3 is 1.71 bits per heavy atom. The van der Waals surface area contributed by atoms with Gasteiger partial charge >= 0.3 is 5.97 Å². The van der Waals surface area contributed by atoms with Gasteiger partial charge in [0.15, 0.2) is 11.6 Å². The molecule has 324 valence electrons. The summed E-state index contributed by atoms with van der Waals surface area (Å²) in [5.74, 6) is -7.03. The second kappa shape index (κ2) is 26.5. The third-order valence-electron chi connectivity index (χ3n) is 8.39. The number of halogens is 2. The first kappa shape index (κ1) is 48.8. The highest BCUT2D eigenvalue weighted by Crippen LogP contribution is 2.20. The average molecular weight is 872 g/mol. The molecule has 18 nitrogen and oxygen atoms in total. The van der Waals surface area contributed by atoms with Gasteiger partial charge in [-0.15, -0.1) is 18.5 Å². The maximum absolute atomic E-state index is 14.0. The lowest BCUT2D eigenvalue weighted by molar-refractivity contribution is -0.139. The number of hydrogen-bond donors (Lipinski definition) is 3. The molecular weight excluding hydrogens is 822 g/mol. The number of esters is 1. The molecule has 1 aromatic rings. The van der Waals surface area contributed by atoms with E-state index in [1.165, 1.54) is 0 Å². The quantitative estimate of drug-likeness (QED) is 0.0285. The molecule has 59 heavy (non-hydrogen) atoms. The van der Waals surface area contributed by atoms with E-state index in [0.29, 0.717) is 18.1 Å². The monoisotopic (exact) mass is 871 g/mol. The normalized spacial score (nSPS) is 14.0. The number of ether oxygens (including phenoxy) is 5. The molecule has 2 unspecified atom stereocenters. The zero-order chi connectivity index (χ0) is 43.2. The van der Waals surface area contributed by atoms with E-state index in [1.54, 1.807) is 0 Å². The number of nitrogens with one attached hydrogen (secondary N) is 3. The van der Waals surface area contributed by atoms with Crippen molar-refractivity contribution in [3.05, 3.63) is 42.0 Å². The number of rotatable bonds is 29. The summed E-state index contributed by atoms with van der Waals surface area (Å²) < 4.78 is 54.2. The fourth-order valence-corrected chi connectivity index (χ4v) is 5.79. The number of amides is 7. The van der Waals surface area contributed by atoms with Gasteiger partial charge in [-0.05, 0) is 30.6 Å². The third-order valence-corrected chi connectivity index (χ3v) is 9.80. The fourth-order valence-electron chi connectivity index (χ4n) is 5.24. The SMILES string of the molecule is O=C(CCN1C(=O)C=CC1=O)NCCCC[C@H](NC(=O)CCN1C(=O)C=CC1=O)C(=O)NCCOCCOCCOCCOCCC(=O)Oc1c(F)c(F)cc(P)c1P. The second-order valence-electron chi connectivity index (χ2n) is 12.8. The molecule has 22 heteroatoms. The van der Waals surface area contributed by atoms with E-state index in [9.17, 15) is 47.1 Å². The van der Waals surface area contributed by atoms with Gasteiger partial charge in [0.1, 0.15) is 6.04 Å². The fraction of sp³-hybridized carbons (Fsp3) is 0.514. The van der Waals surface area contributed by atoms with Gasteiger partial charge in [-0.2, -0.15) is 4.39 Å². The molecule has 0 bridgehead atoms. The average Bonchev–Trinajstić information content (AvgIpc) is 3.71. The lowest BCUT2D eigenvalue weighted by atomic mass is 10.1. The van der Waals surface area contributed by atoms with Crippen LogP contribution in [0, 0.1) is 11.6 Å². The predicted molar refractivity (Wildman–Crippen MR) is 211 cm³/mol. The van der Waals surface area contributed by atoms with E-state index in [-0.39, 0.29) is 116 Å². The number of carbonyl (C=O) groups excluding carboxylic acids is 8. The van der Waals surface area contributed by atoms with Crippen molar-refractivity contribution in [1.29, 1.82) is 0 Å². The molecule has 0 saturated heterocycles. The Morgan fingerprint density at radius 2 is 1.15 bits per heavy atom. The lowest BCUT2D eigenvalue weighted by Crippen LogP contribution is -2.48. The molecular formula is C37H49F2N5O13P2. The van der Waals surface area contributed by atoms with Gasteiger partial charge in [-0.1, -0.05) is 0 Å². The zero-order valence-corrected chi connectivity index (χ0v) is 34.6. The van der Waals surface area contributed by atoms with Gasteiger partial charge in [-0.25, -0.2) is 4.39 Å². The highest BCUT2D eigenvalue weighted by Gasteiger charge is 2.26. The summed E-state index contributed by atoms with van der Waals surface area (Å²) in [5, 5.41) is 8.59. The first-order chi connectivity index (χ1) is 28.3. The van der Waals surface area contributed by atoms with Crippen molar-refractivity contribution in [3.63, 3.8) is 0 Å². The van der Waals surface area contributed by atoms with Gasteiger partial charge in [0.05, 0.1) is 59.3 Å². The molecule has 3 N–H and O–H groups in total. The number of imide groups is 2. The minimum Gasteiger partial charge on any atom is -0.423 e. The summed E-state index contributed by atoms with van der Waals surface area (Å²) in [4.78, 5) is 98.6. The molecule has 0 aliphatic carbocycles. The van der Waals surface area contributed by atoms with Gasteiger partial charge in [-0.3, -0.25) is 48.2 Å². The molecule has 1 aromatic carbocycles. The Labute approximate surface area is 343 Å². The molecule has 0 radical (unpaired) electrons. The molecule has 0 spiro atoms. The van der Waals surface area contributed by atoms with Crippen LogP contribution in [0.1, 0.15) is 38.5 Å². The van der Waals surface area contributed by atoms with Crippen LogP contribution in [0.15, 0.2) is 30.4 Å². The Balaban J connectivity index is 1.23. The summed E-state index contributed by atoms with van der Waals surface area (Å²) in [5.41, 5.74) is 0. The molecule has 3 rings (SSSR count). The van der Waals surface area contributed by atoms with Crippen LogP contribution in [-0.2, 0) is 57.3 Å². The van der Waals surface area contributed by atoms with Gasteiger partial charge < -0.3 is 39.6 Å². The summed E-state index contributed by atoms with van der Waals surface area (Å²) in [6.45, 7) is 1.72. The minimum absolute atomic E-state index is 0.0110. The Bertz CT molecular complexity index is 1690.